The number of hydrogen-bond acceptors (Lipinski definition) is 1. The largest absolute Gasteiger partial charge is 0.411 e. The first-order valence-corrected chi connectivity index (χ1v) is 12.9. The Hall–Kier alpha value is 0.824. The number of rotatable bonds is 6. The number of hydrogen-bond donors (Lipinski definition) is 0. The van der Waals surface area contributed by atoms with Crippen LogP contribution in [0.2, 0.25) is 31.2 Å². The standard InChI is InChI=1S/C12H31OPSi2/c1-9-11(3,4)16(7,8)13-12(14,10-2)15(5)6/h15H,9-10,14H2,1-8H3/t12-/m0/s1. The Bertz CT molecular complexity index is 229. The van der Waals surface area contributed by atoms with E-state index in [-0.39, 0.29) is 4.97 Å². The second-order valence-corrected chi connectivity index (χ2v) is 15.8. The van der Waals surface area contributed by atoms with Crippen LogP contribution in [0.5, 0.6) is 0 Å². The van der Waals surface area contributed by atoms with Crippen molar-refractivity contribution in [1.82, 2.24) is 0 Å². The molecule has 0 aliphatic carbocycles. The van der Waals surface area contributed by atoms with Gasteiger partial charge >= 0.3 is 0 Å². The van der Waals surface area contributed by atoms with Gasteiger partial charge in [0.1, 0.15) is 0 Å². The topological polar surface area (TPSA) is 9.23 Å². The highest BCUT2D eigenvalue weighted by molar-refractivity contribution is 7.24. The molecule has 0 aromatic carbocycles. The summed E-state index contributed by atoms with van der Waals surface area (Å²) >= 11 is 0. The molecule has 0 aromatic rings. The van der Waals surface area contributed by atoms with Crippen molar-refractivity contribution in [3.8, 4) is 0 Å². The van der Waals surface area contributed by atoms with Crippen LogP contribution in [-0.2, 0) is 4.43 Å². The van der Waals surface area contributed by atoms with E-state index in [1.165, 1.54) is 6.42 Å². The van der Waals surface area contributed by atoms with Crippen molar-refractivity contribution in [2.75, 3.05) is 0 Å². The summed E-state index contributed by atoms with van der Waals surface area (Å²) in [6.07, 6.45) is 2.33. The molecule has 0 saturated carbocycles. The summed E-state index contributed by atoms with van der Waals surface area (Å²) in [5.41, 5.74) is 0. The maximum Gasteiger partial charge on any atom is 0.193 e. The third-order valence-electron chi connectivity index (χ3n) is 4.49. The summed E-state index contributed by atoms with van der Waals surface area (Å²) in [6, 6.07) is 0. The van der Waals surface area contributed by atoms with Gasteiger partial charge in [0.2, 0.25) is 0 Å². The minimum atomic E-state index is -1.64. The van der Waals surface area contributed by atoms with E-state index in [2.05, 4.69) is 63.1 Å². The summed E-state index contributed by atoms with van der Waals surface area (Å²) in [7, 11) is 0.579. The molecule has 0 N–H and O–H groups in total. The molecule has 0 aliphatic rings. The van der Waals surface area contributed by atoms with Crippen LogP contribution in [0.15, 0.2) is 0 Å². The summed E-state index contributed by atoms with van der Waals surface area (Å²) in [6.45, 7) is 18.8. The highest BCUT2D eigenvalue weighted by atomic mass is 31.0. The van der Waals surface area contributed by atoms with Gasteiger partial charge in [0.15, 0.2) is 8.32 Å². The molecule has 0 spiro atoms. The van der Waals surface area contributed by atoms with Crippen LogP contribution >= 0.6 is 9.24 Å². The molecule has 98 valence electrons. The van der Waals surface area contributed by atoms with Crippen LogP contribution in [0.1, 0.15) is 40.5 Å². The monoisotopic (exact) mass is 278 g/mol. The zero-order valence-corrected chi connectivity index (χ0v) is 15.8. The van der Waals surface area contributed by atoms with Crippen molar-refractivity contribution in [2.45, 2.75) is 76.7 Å². The van der Waals surface area contributed by atoms with Crippen molar-refractivity contribution in [3.63, 3.8) is 0 Å². The molecule has 2 atom stereocenters. The molecule has 0 aliphatic heterocycles. The van der Waals surface area contributed by atoms with Gasteiger partial charge in [-0.15, -0.1) is 9.24 Å². The molecule has 0 rings (SSSR count). The van der Waals surface area contributed by atoms with Crippen molar-refractivity contribution < 1.29 is 4.43 Å². The van der Waals surface area contributed by atoms with Crippen molar-refractivity contribution >= 4 is 26.4 Å². The first-order valence-electron chi connectivity index (χ1n) is 6.51. The third kappa shape index (κ3) is 3.66. The first kappa shape index (κ1) is 16.8. The fraction of sp³-hybridized carbons (Fsp3) is 1.00. The fourth-order valence-corrected chi connectivity index (χ4v) is 7.39. The van der Waals surface area contributed by atoms with Gasteiger partial charge < -0.3 is 4.43 Å². The Morgan fingerprint density at radius 2 is 1.56 bits per heavy atom. The Labute approximate surface area is 108 Å². The molecule has 0 saturated heterocycles. The predicted octanol–water partition coefficient (Wildman–Crippen LogP) is 4.41. The van der Waals surface area contributed by atoms with Crippen LogP contribution in [0, 0.1) is 0 Å². The summed E-state index contributed by atoms with van der Waals surface area (Å²) in [5.74, 6) is 0. The van der Waals surface area contributed by atoms with Crippen LogP contribution in [0.25, 0.3) is 0 Å². The maximum atomic E-state index is 6.66. The van der Waals surface area contributed by atoms with E-state index in [4.69, 9.17) is 4.43 Å². The van der Waals surface area contributed by atoms with Gasteiger partial charge in [-0.2, -0.15) is 0 Å². The van der Waals surface area contributed by atoms with E-state index in [9.17, 15) is 0 Å². The lowest BCUT2D eigenvalue weighted by Crippen LogP contribution is -2.52. The fourth-order valence-electron chi connectivity index (χ4n) is 1.64. The lowest BCUT2D eigenvalue weighted by Gasteiger charge is -2.46. The third-order valence-corrected chi connectivity index (χ3v) is 14.5. The van der Waals surface area contributed by atoms with Gasteiger partial charge in [-0.25, -0.2) is 0 Å². The molecule has 1 nitrogen and oxygen atoms in total. The van der Waals surface area contributed by atoms with E-state index >= 15 is 0 Å². The van der Waals surface area contributed by atoms with Gasteiger partial charge in [-0.3, -0.25) is 0 Å². The minimum absolute atomic E-state index is 0.0994. The van der Waals surface area contributed by atoms with Crippen LogP contribution in [0.3, 0.4) is 0 Å². The highest BCUT2D eigenvalue weighted by Gasteiger charge is 2.45. The average Bonchev–Trinajstić information content (AvgIpc) is 2.16. The summed E-state index contributed by atoms with van der Waals surface area (Å²) in [4.78, 5) is 0.0994. The first-order chi connectivity index (χ1) is 7.02. The normalized spacial score (nSPS) is 17.6. The highest BCUT2D eigenvalue weighted by Crippen LogP contribution is 2.45. The van der Waals surface area contributed by atoms with Crippen molar-refractivity contribution in [2.24, 2.45) is 0 Å². The molecule has 0 bridgehead atoms. The van der Waals surface area contributed by atoms with Gasteiger partial charge in [-0.1, -0.05) is 47.2 Å². The quantitative estimate of drug-likeness (QED) is 0.517. The summed E-state index contributed by atoms with van der Waals surface area (Å²) < 4.78 is 6.66. The van der Waals surface area contributed by atoms with Crippen molar-refractivity contribution in [3.05, 3.63) is 0 Å². The van der Waals surface area contributed by atoms with E-state index in [0.29, 0.717) is 5.04 Å². The molecule has 0 amide bonds. The van der Waals surface area contributed by atoms with Gasteiger partial charge in [0.05, 0.1) is 13.8 Å². The SMILES string of the molecule is CCC(C)(C)[Si](C)(C)O[C@](P)(CC)[SiH](C)C. The Balaban J connectivity index is 4.94. The van der Waals surface area contributed by atoms with Crippen LogP contribution < -0.4 is 0 Å². The molecular formula is C12H31OPSi2. The predicted molar refractivity (Wildman–Crippen MR) is 84.5 cm³/mol. The van der Waals surface area contributed by atoms with Gasteiger partial charge in [-0.05, 0) is 24.6 Å². The van der Waals surface area contributed by atoms with Crippen molar-refractivity contribution in [1.29, 1.82) is 0 Å². The molecule has 16 heavy (non-hydrogen) atoms. The summed E-state index contributed by atoms with van der Waals surface area (Å²) in [5, 5.41) is 0.354. The molecule has 0 radical (unpaired) electrons. The van der Waals surface area contributed by atoms with E-state index < -0.39 is 17.1 Å². The van der Waals surface area contributed by atoms with Gasteiger partial charge in [0.25, 0.3) is 0 Å². The Morgan fingerprint density at radius 3 is 1.81 bits per heavy atom. The van der Waals surface area contributed by atoms with E-state index in [1.807, 2.05) is 0 Å². The lowest BCUT2D eigenvalue weighted by atomic mass is 10.1. The Kier molecular flexibility index (Phi) is 5.93. The van der Waals surface area contributed by atoms with Crippen LogP contribution in [-0.4, -0.2) is 22.1 Å². The molecule has 0 heterocycles. The second kappa shape index (κ2) is 5.64. The Morgan fingerprint density at radius 1 is 1.12 bits per heavy atom. The zero-order valence-electron chi connectivity index (χ0n) is 12.5. The lowest BCUT2D eigenvalue weighted by molar-refractivity contribution is 0.209. The smallest absolute Gasteiger partial charge is 0.193 e. The van der Waals surface area contributed by atoms with Gasteiger partial charge in [0, 0.05) is 0 Å². The maximum absolute atomic E-state index is 6.66. The van der Waals surface area contributed by atoms with Crippen LogP contribution in [0.4, 0.5) is 0 Å². The molecule has 0 fully saturated rings. The zero-order chi connectivity index (χ0) is 13.2. The molecule has 1 unspecified atom stereocenters. The molecule has 4 heteroatoms. The van der Waals surface area contributed by atoms with E-state index in [0.717, 1.165) is 6.42 Å². The van der Waals surface area contributed by atoms with E-state index in [1.54, 1.807) is 0 Å². The molecule has 0 aromatic heterocycles. The molecular weight excluding hydrogens is 247 g/mol. The second-order valence-electron chi connectivity index (χ2n) is 6.31. The minimum Gasteiger partial charge on any atom is -0.411 e. The average molecular weight is 279 g/mol.